The molecule has 0 bridgehead atoms. The lowest BCUT2D eigenvalue weighted by atomic mass is 10.0. The van der Waals surface area contributed by atoms with Crippen LogP contribution in [0.5, 0.6) is 0 Å². The molecule has 1 aliphatic rings. The molecule has 0 aliphatic carbocycles. The SMILES string of the molecule is Cc1ccc(C)c(NC(=O)CCN2C(=S)NC(c3ccccn3)C2c2cccn2-c2ccc(N(C)C)cc2)c1. The van der Waals surface area contributed by atoms with E-state index in [4.69, 9.17) is 12.2 Å². The molecular formula is C31H34N6OS. The van der Waals surface area contributed by atoms with Gasteiger partial charge in [0.2, 0.25) is 5.91 Å². The number of pyridine rings is 1. The lowest BCUT2D eigenvalue weighted by Crippen LogP contribution is -2.33. The van der Waals surface area contributed by atoms with E-state index in [-0.39, 0.29) is 18.0 Å². The van der Waals surface area contributed by atoms with Crippen LogP contribution in [0, 0.1) is 13.8 Å². The van der Waals surface area contributed by atoms with Crippen molar-refractivity contribution in [3.05, 3.63) is 108 Å². The maximum absolute atomic E-state index is 13.0. The number of hydrogen-bond donors (Lipinski definition) is 2. The van der Waals surface area contributed by atoms with Gasteiger partial charge in [0, 0.05) is 62.2 Å². The molecule has 5 rings (SSSR count). The minimum Gasteiger partial charge on any atom is -0.378 e. The molecule has 2 N–H and O–H groups in total. The summed E-state index contributed by atoms with van der Waals surface area (Å²) in [4.78, 5) is 21.9. The van der Waals surface area contributed by atoms with Crippen LogP contribution in [0.15, 0.2) is 85.2 Å². The monoisotopic (exact) mass is 538 g/mol. The van der Waals surface area contributed by atoms with E-state index in [0.29, 0.717) is 18.1 Å². The van der Waals surface area contributed by atoms with E-state index in [1.165, 1.54) is 0 Å². The van der Waals surface area contributed by atoms with E-state index in [0.717, 1.165) is 39.6 Å². The smallest absolute Gasteiger partial charge is 0.226 e. The molecule has 7 nitrogen and oxygen atoms in total. The highest BCUT2D eigenvalue weighted by atomic mass is 32.1. The van der Waals surface area contributed by atoms with Crippen molar-refractivity contribution < 1.29 is 4.79 Å². The van der Waals surface area contributed by atoms with Gasteiger partial charge in [-0.1, -0.05) is 18.2 Å². The fourth-order valence-electron chi connectivity index (χ4n) is 5.05. The zero-order valence-electron chi connectivity index (χ0n) is 22.8. The molecule has 0 radical (unpaired) electrons. The lowest BCUT2D eigenvalue weighted by Gasteiger charge is -2.29. The van der Waals surface area contributed by atoms with Crippen molar-refractivity contribution in [2.75, 3.05) is 30.9 Å². The minimum absolute atomic E-state index is 0.0406. The number of anilines is 2. The van der Waals surface area contributed by atoms with Crippen LogP contribution in [0.3, 0.4) is 0 Å². The van der Waals surface area contributed by atoms with Crippen LogP contribution in [-0.2, 0) is 4.79 Å². The largest absolute Gasteiger partial charge is 0.378 e. The van der Waals surface area contributed by atoms with Gasteiger partial charge in [0.25, 0.3) is 0 Å². The number of carbonyl (C=O) groups is 1. The van der Waals surface area contributed by atoms with Crippen molar-refractivity contribution in [1.29, 1.82) is 0 Å². The fourth-order valence-corrected chi connectivity index (χ4v) is 5.39. The van der Waals surface area contributed by atoms with E-state index in [2.05, 4.69) is 72.6 Å². The Labute approximate surface area is 235 Å². The Hall–Kier alpha value is -4.17. The van der Waals surface area contributed by atoms with Crippen LogP contribution in [0.1, 0.15) is 41.0 Å². The molecule has 200 valence electrons. The summed E-state index contributed by atoms with van der Waals surface area (Å²) in [5, 5.41) is 7.19. The van der Waals surface area contributed by atoms with Crippen LogP contribution >= 0.6 is 12.2 Å². The number of aromatic nitrogens is 2. The number of rotatable bonds is 8. The molecule has 2 unspecified atom stereocenters. The van der Waals surface area contributed by atoms with Crippen LogP contribution in [-0.4, -0.2) is 46.1 Å². The second-order valence-corrected chi connectivity index (χ2v) is 10.5. The first-order valence-electron chi connectivity index (χ1n) is 13.1. The maximum atomic E-state index is 13.0. The highest BCUT2D eigenvalue weighted by Crippen LogP contribution is 2.39. The number of thiocarbonyl (C=S) groups is 1. The average Bonchev–Trinajstić information content (AvgIpc) is 3.54. The third-order valence-corrected chi connectivity index (χ3v) is 7.52. The molecule has 1 fully saturated rings. The lowest BCUT2D eigenvalue weighted by molar-refractivity contribution is -0.116. The number of nitrogens with zero attached hydrogens (tertiary/aromatic N) is 4. The first-order chi connectivity index (χ1) is 18.8. The number of amides is 1. The predicted octanol–water partition coefficient (Wildman–Crippen LogP) is 5.56. The van der Waals surface area contributed by atoms with Gasteiger partial charge in [0.1, 0.15) is 0 Å². The molecule has 3 heterocycles. The molecule has 4 aromatic rings. The molecule has 1 aliphatic heterocycles. The van der Waals surface area contributed by atoms with Crippen molar-refractivity contribution in [1.82, 2.24) is 19.8 Å². The van der Waals surface area contributed by atoms with Gasteiger partial charge in [0.15, 0.2) is 5.11 Å². The minimum atomic E-state index is -0.157. The van der Waals surface area contributed by atoms with E-state index in [9.17, 15) is 4.79 Å². The van der Waals surface area contributed by atoms with E-state index < -0.39 is 0 Å². The normalized spacial score (nSPS) is 16.7. The molecule has 8 heteroatoms. The van der Waals surface area contributed by atoms with Crippen molar-refractivity contribution in [3.8, 4) is 5.69 Å². The van der Waals surface area contributed by atoms with Crippen molar-refractivity contribution in [3.63, 3.8) is 0 Å². The van der Waals surface area contributed by atoms with Crippen molar-refractivity contribution in [2.24, 2.45) is 0 Å². The Morgan fingerprint density at radius 1 is 1.05 bits per heavy atom. The zero-order chi connectivity index (χ0) is 27.5. The summed E-state index contributed by atoms with van der Waals surface area (Å²) >= 11 is 5.83. The van der Waals surface area contributed by atoms with Gasteiger partial charge in [-0.2, -0.15) is 0 Å². The summed E-state index contributed by atoms with van der Waals surface area (Å²) in [6, 6.07) is 24.3. The molecule has 0 saturated carbocycles. The average molecular weight is 539 g/mol. The van der Waals surface area contributed by atoms with Gasteiger partial charge >= 0.3 is 0 Å². The highest BCUT2D eigenvalue weighted by Gasteiger charge is 2.41. The Balaban J connectivity index is 1.44. The fraction of sp³-hybridized carbons (Fsp3) is 0.258. The summed E-state index contributed by atoms with van der Waals surface area (Å²) in [6.45, 7) is 4.50. The quantitative estimate of drug-likeness (QED) is 0.287. The van der Waals surface area contributed by atoms with E-state index >= 15 is 0 Å². The number of carbonyl (C=O) groups excluding carboxylic acids is 1. The predicted molar refractivity (Wildman–Crippen MR) is 161 cm³/mol. The van der Waals surface area contributed by atoms with Gasteiger partial charge in [0.05, 0.1) is 17.8 Å². The van der Waals surface area contributed by atoms with Crippen LogP contribution in [0.25, 0.3) is 5.69 Å². The van der Waals surface area contributed by atoms with Crippen molar-refractivity contribution in [2.45, 2.75) is 32.4 Å². The van der Waals surface area contributed by atoms with Gasteiger partial charge in [-0.15, -0.1) is 0 Å². The molecule has 0 spiro atoms. The Bertz CT molecular complexity index is 1460. The highest BCUT2D eigenvalue weighted by molar-refractivity contribution is 7.80. The molecule has 1 amide bonds. The second-order valence-electron chi connectivity index (χ2n) is 10.2. The molecule has 2 aromatic carbocycles. The Kier molecular flexibility index (Phi) is 7.65. The van der Waals surface area contributed by atoms with Gasteiger partial charge in [-0.3, -0.25) is 9.78 Å². The molecule has 1 saturated heterocycles. The first-order valence-corrected chi connectivity index (χ1v) is 13.5. The van der Waals surface area contributed by atoms with E-state index in [1.54, 1.807) is 6.20 Å². The molecular weight excluding hydrogens is 504 g/mol. The van der Waals surface area contributed by atoms with Crippen LogP contribution in [0.4, 0.5) is 11.4 Å². The number of aryl methyl sites for hydroxylation is 2. The van der Waals surface area contributed by atoms with Crippen LogP contribution < -0.4 is 15.5 Å². The van der Waals surface area contributed by atoms with Gasteiger partial charge in [-0.25, -0.2) is 0 Å². The zero-order valence-corrected chi connectivity index (χ0v) is 23.6. The van der Waals surface area contributed by atoms with Gasteiger partial charge < -0.3 is 25.0 Å². The first kappa shape index (κ1) is 26.4. The second kappa shape index (κ2) is 11.3. The molecule has 39 heavy (non-hydrogen) atoms. The molecule has 2 aromatic heterocycles. The summed E-state index contributed by atoms with van der Waals surface area (Å²) in [5.74, 6) is -0.0406. The maximum Gasteiger partial charge on any atom is 0.226 e. The van der Waals surface area contributed by atoms with Gasteiger partial charge in [-0.05, 0) is 91.8 Å². The Morgan fingerprint density at radius 3 is 2.56 bits per heavy atom. The number of nitrogens with one attached hydrogen (secondary N) is 2. The standard InChI is InChI=1S/C31H34N6OS/c1-21-10-11-22(2)26(20-21)33-28(38)16-19-37-30(29(34-31(37)39)25-8-5-6-17-32-25)27-9-7-18-36(27)24-14-12-23(13-15-24)35(3)4/h5-15,17-18,20,29-30H,16,19H2,1-4H3,(H,33,38)(H,34,39). The third kappa shape index (κ3) is 5.66. The summed E-state index contributed by atoms with van der Waals surface area (Å²) in [7, 11) is 4.07. The Morgan fingerprint density at radius 2 is 1.85 bits per heavy atom. The summed E-state index contributed by atoms with van der Waals surface area (Å²) in [6.07, 6.45) is 4.18. The topological polar surface area (TPSA) is 65.4 Å². The molecule has 2 atom stereocenters. The van der Waals surface area contributed by atoms with Crippen molar-refractivity contribution >= 4 is 34.6 Å². The summed E-state index contributed by atoms with van der Waals surface area (Å²) in [5.41, 5.74) is 7.18. The number of benzene rings is 2. The summed E-state index contributed by atoms with van der Waals surface area (Å²) < 4.78 is 2.19. The van der Waals surface area contributed by atoms with Crippen LogP contribution in [0.2, 0.25) is 0 Å². The van der Waals surface area contributed by atoms with E-state index in [1.807, 2.05) is 64.3 Å². The third-order valence-electron chi connectivity index (χ3n) is 7.17. The number of hydrogen-bond acceptors (Lipinski definition) is 4.